The van der Waals surface area contributed by atoms with E-state index < -0.39 is 16.0 Å². The van der Waals surface area contributed by atoms with Crippen LogP contribution in [-0.4, -0.2) is 37.4 Å². The maximum atomic E-state index is 12.4. The fourth-order valence-corrected chi connectivity index (χ4v) is 3.23. The molecule has 0 saturated carbocycles. The Hall–Kier alpha value is -1.66. The van der Waals surface area contributed by atoms with Gasteiger partial charge < -0.3 is 5.11 Å². The number of benzene rings is 1. The summed E-state index contributed by atoms with van der Waals surface area (Å²) in [4.78, 5) is 11.0. The predicted octanol–water partition coefficient (Wildman–Crippen LogP) is 1.89. The number of carbonyl (C=O) groups is 1. The molecule has 0 bridgehead atoms. The van der Waals surface area contributed by atoms with E-state index in [1.807, 2.05) is 0 Å². The Morgan fingerprint density at radius 1 is 1.42 bits per heavy atom. The fourth-order valence-electron chi connectivity index (χ4n) is 1.76. The Kier molecular flexibility index (Phi) is 4.49. The number of sulfonamides is 1. The molecule has 0 unspecified atom stereocenters. The summed E-state index contributed by atoms with van der Waals surface area (Å²) < 4.78 is 25.9. The molecule has 1 rings (SSSR count). The van der Waals surface area contributed by atoms with Crippen molar-refractivity contribution in [2.45, 2.75) is 18.7 Å². The molecule has 0 aliphatic heterocycles. The third kappa shape index (κ3) is 3.21. The molecule has 104 valence electrons. The van der Waals surface area contributed by atoms with Crippen LogP contribution in [0.4, 0.5) is 0 Å². The molecule has 0 heterocycles. The molecule has 0 aromatic heterocycles. The molecule has 0 atom stereocenters. The Morgan fingerprint density at radius 3 is 2.47 bits per heavy atom. The first-order valence-corrected chi connectivity index (χ1v) is 7.05. The van der Waals surface area contributed by atoms with E-state index in [9.17, 15) is 13.2 Å². The van der Waals surface area contributed by atoms with E-state index in [1.54, 1.807) is 6.92 Å². The summed E-state index contributed by atoms with van der Waals surface area (Å²) in [6.45, 7) is 7.08. The molecule has 0 radical (unpaired) electrons. The summed E-state index contributed by atoms with van der Waals surface area (Å²) in [6.07, 6.45) is 0. The summed E-state index contributed by atoms with van der Waals surface area (Å²) in [5, 5.41) is 9.02. The molecular weight excluding hydrogens is 266 g/mol. The molecule has 0 saturated heterocycles. The molecule has 1 aromatic carbocycles. The summed E-state index contributed by atoms with van der Waals surface area (Å²) >= 11 is 0. The van der Waals surface area contributed by atoms with Crippen molar-refractivity contribution >= 4 is 16.0 Å². The lowest BCUT2D eigenvalue weighted by Crippen LogP contribution is -2.29. The van der Waals surface area contributed by atoms with Gasteiger partial charge in [0.05, 0.1) is 10.5 Å². The summed E-state index contributed by atoms with van der Waals surface area (Å²) in [6, 6.07) is 4.22. The standard InChI is InChI=1S/C13H17NO4S/c1-9(2)8-14(4)19(17,18)12-7-5-6-11(10(12)3)13(15)16/h5-7H,1,8H2,2-4H3,(H,15,16). The number of nitrogens with zero attached hydrogens (tertiary/aromatic N) is 1. The zero-order chi connectivity index (χ0) is 14.8. The SMILES string of the molecule is C=C(C)CN(C)S(=O)(=O)c1cccc(C(=O)O)c1C. The van der Waals surface area contributed by atoms with E-state index >= 15 is 0 Å². The highest BCUT2D eigenvalue weighted by atomic mass is 32.2. The van der Waals surface area contributed by atoms with Crippen LogP contribution in [0.3, 0.4) is 0 Å². The third-order valence-electron chi connectivity index (χ3n) is 2.70. The van der Waals surface area contributed by atoms with Crippen LogP contribution < -0.4 is 0 Å². The third-order valence-corrected chi connectivity index (χ3v) is 4.64. The predicted molar refractivity (Wildman–Crippen MR) is 72.8 cm³/mol. The van der Waals surface area contributed by atoms with Crippen molar-refractivity contribution in [1.29, 1.82) is 0 Å². The van der Waals surface area contributed by atoms with Crippen molar-refractivity contribution in [3.63, 3.8) is 0 Å². The monoisotopic (exact) mass is 283 g/mol. The molecule has 0 aliphatic carbocycles. The maximum Gasteiger partial charge on any atom is 0.335 e. The van der Waals surface area contributed by atoms with Gasteiger partial charge in [-0.25, -0.2) is 13.2 Å². The number of rotatable bonds is 5. The summed E-state index contributed by atoms with van der Waals surface area (Å²) in [7, 11) is -2.27. The van der Waals surface area contributed by atoms with Crippen molar-refractivity contribution < 1.29 is 18.3 Å². The number of carboxylic acid groups (broad SMARTS) is 1. The van der Waals surface area contributed by atoms with E-state index in [0.29, 0.717) is 5.57 Å². The van der Waals surface area contributed by atoms with Gasteiger partial charge >= 0.3 is 5.97 Å². The molecule has 19 heavy (non-hydrogen) atoms. The van der Waals surface area contributed by atoms with E-state index in [4.69, 9.17) is 5.11 Å². The van der Waals surface area contributed by atoms with Crippen LogP contribution in [0.25, 0.3) is 0 Å². The van der Waals surface area contributed by atoms with Crippen LogP contribution in [-0.2, 0) is 10.0 Å². The number of likely N-dealkylation sites (N-methyl/N-ethyl adjacent to an activating group) is 1. The van der Waals surface area contributed by atoms with Gasteiger partial charge in [0.2, 0.25) is 10.0 Å². The van der Waals surface area contributed by atoms with Crippen LogP contribution in [0.1, 0.15) is 22.8 Å². The molecule has 1 N–H and O–H groups in total. The first kappa shape index (κ1) is 15.4. The normalized spacial score (nSPS) is 11.6. The highest BCUT2D eigenvalue weighted by molar-refractivity contribution is 7.89. The first-order valence-electron chi connectivity index (χ1n) is 5.61. The smallest absolute Gasteiger partial charge is 0.335 e. The minimum Gasteiger partial charge on any atom is -0.478 e. The topological polar surface area (TPSA) is 74.7 Å². The molecule has 1 aromatic rings. The lowest BCUT2D eigenvalue weighted by Gasteiger charge is -2.19. The average Bonchev–Trinajstić information content (AvgIpc) is 2.27. The fraction of sp³-hybridized carbons (Fsp3) is 0.308. The Labute approximate surface area is 113 Å². The highest BCUT2D eigenvalue weighted by Gasteiger charge is 2.24. The minimum atomic E-state index is -3.71. The van der Waals surface area contributed by atoms with Gasteiger partial charge in [0.25, 0.3) is 0 Å². The van der Waals surface area contributed by atoms with Gasteiger partial charge in [-0.2, -0.15) is 4.31 Å². The van der Waals surface area contributed by atoms with Gasteiger partial charge in [0, 0.05) is 13.6 Å². The maximum absolute atomic E-state index is 12.4. The van der Waals surface area contributed by atoms with Crippen molar-refractivity contribution in [2.24, 2.45) is 0 Å². The van der Waals surface area contributed by atoms with Gasteiger partial charge in [-0.15, -0.1) is 0 Å². The minimum absolute atomic E-state index is 0.00944. The molecule has 6 heteroatoms. The van der Waals surface area contributed by atoms with Crippen molar-refractivity contribution in [3.05, 3.63) is 41.5 Å². The van der Waals surface area contributed by atoms with Crippen LogP contribution in [0.2, 0.25) is 0 Å². The largest absolute Gasteiger partial charge is 0.478 e. The Bertz CT molecular complexity index is 620. The lowest BCUT2D eigenvalue weighted by atomic mass is 10.1. The Balaban J connectivity index is 3.34. The molecule has 0 fully saturated rings. The van der Waals surface area contributed by atoms with E-state index in [2.05, 4.69) is 6.58 Å². The van der Waals surface area contributed by atoms with Crippen LogP contribution in [0.15, 0.2) is 35.2 Å². The Morgan fingerprint density at radius 2 is 2.00 bits per heavy atom. The van der Waals surface area contributed by atoms with Gasteiger partial charge in [0.15, 0.2) is 0 Å². The van der Waals surface area contributed by atoms with Gasteiger partial charge in [-0.05, 0) is 31.5 Å². The van der Waals surface area contributed by atoms with Crippen molar-refractivity contribution in [3.8, 4) is 0 Å². The number of aromatic carboxylic acids is 1. The van der Waals surface area contributed by atoms with Crippen molar-refractivity contribution in [1.82, 2.24) is 4.31 Å². The molecule has 0 spiro atoms. The summed E-state index contributed by atoms with van der Waals surface area (Å²) in [5.41, 5.74) is 0.937. The second kappa shape index (κ2) is 5.54. The van der Waals surface area contributed by atoms with Gasteiger partial charge in [-0.3, -0.25) is 0 Å². The molecule has 5 nitrogen and oxygen atoms in total. The van der Waals surface area contributed by atoms with Gasteiger partial charge in [0.1, 0.15) is 0 Å². The second-order valence-corrected chi connectivity index (χ2v) is 6.47. The zero-order valence-corrected chi connectivity index (χ0v) is 12.0. The second-order valence-electron chi connectivity index (χ2n) is 4.45. The van der Waals surface area contributed by atoms with Gasteiger partial charge in [-0.1, -0.05) is 18.2 Å². The number of carboxylic acids is 1. The molecular formula is C13H17NO4S. The quantitative estimate of drug-likeness (QED) is 0.837. The van der Waals surface area contributed by atoms with Crippen molar-refractivity contribution in [2.75, 3.05) is 13.6 Å². The lowest BCUT2D eigenvalue weighted by molar-refractivity contribution is 0.0696. The van der Waals surface area contributed by atoms with Crippen LogP contribution >= 0.6 is 0 Å². The molecule has 0 amide bonds. The van der Waals surface area contributed by atoms with Crippen LogP contribution in [0.5, 0.6) is 0 Å². The van der Waals surface area contributed by atoms with E-state index in [-0.39, 0.29) is 22.6 Å². The van der Waals surface area contributed by atoms with Crippen LogP contribution in [0, 0.1) is 6.92 Å². The zero-order valence-electron chi connectivity index (χ0n) is 11.2. The highest BCUT2D eigenvalue weighted by Crippen LogP contribution is 2.22. The van der Waals surface area contributed by atoms with E-state index in [1.165, 1.54) is 32.2 Å². The molecule has 0 aliphatic rings. The summed E-state index contributed by atoms with van der Waals surface area (Å²) in [5.74, 6) is -1.14. The number of hydrogen-bond donors (Lipinski definition) is 1. The first-order chi connectivity index (χ1) is 8.67. The van der Waals surface area contributed by atoms with E-state index in [0.717, 1.165) is 4.31 Å². The number of hydrogen-bond acceptors (Lipinski definition) is 3. The average molecular weight is 283 g/mol.